The van der Waals surface area contributed by atoms with Gasteiger partial charge in [-0.05, 0) is 62.4 Å². The van der Waals surface area contributed by atoms with Crippen LogP contribution in [-0.2, 0) is 4.79 Å². The smallest absolute Gasteiger partial charge is 0.406 e. The van der Waals surface area contributed by atoms with Crippen LogP contribution in [0.15, 0.2) is 61.2 Å². The molecule has 0 aliphatic carbocycles. The van der Waals surface area contributed by atoms with Crippen molar-refractivity contribution in [3.8, 4) is 5.75 Å². The molecule has 8 nitrogen and oxygen atoms in total. The third-order valence-electron chi connectivity index (χ3n) is 5.47. The zero-order chi connectivity index (χ0) is 26.7. The summed E-state index contributed by atoms with van der Waals surface area (Å²) in [5.74, 6) is 1.77. The number of aldehydes is 1. The number of halogens is 3. The number of benzene rings is 1. The molecule has 4 aromatic rings. The minimum Gasteiger partial charge on any atom is -0.406 e. The Labute approximate surface area is 213 Å². The first-order valence-corrected chi connectivity index (χ1v) is 11.8. The van der Waals surface area contributed by atoms with Crippen molar-refractivity contribution in [2.24, 2.45) is 5.92 Å². The maximum atomic E-state index is 11.9. The Hall–Kier alpha value is -4.02. The fraction of sp³-hybridized carbons (Fsp3) is 0.346. The van der Waals surface area contributed by atoms with Crippen LogP contribution in [0.3, 0.4) is 0 Å². The fourth-order valence-electron chi connectivity index (χ4n) is 3.68. The predicted molar refractivity (Wildman–Crippen MR) is 134 cm³/mol. The zero-order valence-corrected chi connectivity index (χ0v) is 20.7. The number of nitrogens with one attached hydrogen (secondary N) is 1. The first-order valence-electron chi connectivity index (χ1n) is 11.8. The van der Waals surface area contributed by atoms with E-state index >= 15 is 0 Å². The average Bonchev–Trinajstić information content (AvgIpc) is 3.25. The number of carbonyl (C=O) groups excluding carboxylic acids is 1. The number of rotatable bonds is 4. The van der Waals surface area contributed by atoms with Crippen LogP contribution >= 0.6 is 0 Å². The summed E-state index contributed by atoms with van der Waals surface area (Å²) in [6.45, 7) is 5.63. The Balaban J connectivity index is 0.000000169. The van der Waals surface area contributed by atoms with E-state index in [1.54, 1.807) is 19.3 Å². The molecular weight excluding hydrogens is 485 g/mol. The van der Waals surface area contributed by atoms with Crippen LogP contribution in [0.5, 0.6) is 5.75 Å². The van der Waals surface area contributed by atoms with Crippen molar-refractivity contribution in [2.75, 3.05) is 18.0 Å². The Morgan fingerprint density at radius 3 is 2.30 bits per heavy atom. The number of nitrogens with zero attached hydrogens (tertiary/aromatic N) is 5. The van der Waals surface area contributed by atoms with Gasteiger partial charge in [-0.25, -0.2) is 15.0 Å². The molecule has 0 radical (unpaired) electrons. The number of aromatic nitrogens is 5. The molecule has 3 aromatic heterocycles. The normalized spacial score (nSPS) is 13.7. The second-order valence-electron chi connectivity index (χ2n) is 8.47. The molecule has 5 rings (SSSR count). The quantitative estimate of drug-likeness (QED) is 0.362. The number of aryl methyl sites for hydroxylation is 2. The van der Waals surface area contributed by atoms with E-state index in [1.165, 1.54) is 18.2 Å². The fourth-order valence-corrected chi connectivity index (χ4v) is 3.68. The number of hydrogen-bond acceptors (Lipinski definition) is 7. The Morgan fingerprint density at radius 1 is 1.08 bits per heavy atom. The van der Waals surface area contributed by atoms with Gasteiger partial charge < -0.3 is 19.4 Å². The number of piperidine rings is 1. The molecule has 0 saturated carbocycles. The zero-order valence-electron chi connectivity index (χ0n) is 20.7. The van der Waals surface area contributed by atoms with Crippen LogP contribution in [0, 0.1) is 19.8 Å². The van der Waals surface area contributed by atoms with Crippen LogP contribution in [-0.4, -0.2) is 50.7 Å². The van der Waals surface area contributed by atoms with Gasteiger partial charge in [-0.1, -0.05) is 6.07 Å². The van der Waals surface area contributed by atoms with Crippen molar-refractivity contribution < 1.29 is 22.7 Å². The lowest BCUT2D eigenvalue weighted by Gasteiger charge is -2.31. The lowest BCUT2D eigenvalue weighted by molar-refractivity contribution is -0.274. The number of hydrogen-bond donors (Lipinski definition) is 1. The molecule has 11 heteroatoms. The van der Waals surface area contributed by atoms with Gasteiger partial charge in [0, 0.05) is 50.4 Å². The van der Waals surface area contributed by atoms with E-state index in [0.29, 0.717) is 29.2 Å². The highest BCUT2D eigenvalue weighted by Gasteiger charge is 2.31. The van der Waals surface area contributed by atoms with Gasteiger partial charge in [0.05, 0.1) is 11.0 Å². The lowest BCUT2D eigenvalue weighted by atomic mass is 9.94. The van der Waals surface area contributed by atoms with Crippen LogP contribution in [0.1, 0.15) is 30.7 Å². The van der Waals surface area contributed by atoms with Crippen molar-refractivity contribution in [3.63, 3.8) is 0 Å². The van der Waals surface area contributed by atoms with E-state index in [9.17, 15) is 18.0 Å². The molecule has 4 heterocycles. The third kappa shape index (κ3) is 9.51. The summed E-state index contributed by atoms with van der Waals surface area (Å²) >= 11 is 0. The Morgan fingerprint density at radius 2 is 1.76 bits per heavy atom. The van der Waals surface area contributed by atoms with E-state index < -0.39 is 6.36 Å². The summed E-state index contributed by atoms with van der Waals surface area (Å²) in [6.07, 6.45) is 6.39. The van der Waals surface area contributed by atoms with Crippen LogP contribution < -0.4 is 9.64 Å². The van der Waals surface area contributed by atoms with Crippen molar-refractivity contribution in [1.29, 1.82) is 0 Å². The lowest BCUT2D eigenvalue weighted by Crippen LogP contribution is -2.34. The second kappa shape index (κ2) is 13.3. The van der Waals surface area contributed by atoms with Crippen LogP contribution in [0.4, 0.5) is 19.1 Å². The summed E-state index contributed by atoms with van der Waals surface area (Å²) in [4.78, 5) is 31.9. The first-order chi connectivity index (χ1) is 17.7. The van der Waals surface area contributed by atoms with E-state index in [1.807, 2.05) is 37.5 Å². The van der Waals surface area contributed by atoms with Crippen molar-refractivity contribution in [1.82, 2.24) is 24.9 Å². The molecule has 37 heavy (non-hydrogen) atoms. The molecular formula is C26H29F3N6O2. The van der Waals surface area contributed by atoms with Gasteiger partial charge in [-0.3, -0.25) is 4.98 Å². The summed E-state index contributed by atoms with van der Waals surface area (Å²) in [6, 6.07) is 9.69. The predicted octanol–water partition coefficient (Wildman–Crippen LogP) is 5.44. The van der Waals surface area contributed by atoms with Gasteiger partial charge >= 0.3 is 6.36 Å². The molecule has 0 bridgehead atoms. The molecule has 0 unspecified atom stereocenters. The highest BCUT2D eigenvalue weighted by atomic mass is 19.4. The third-order valence-corrected chi connectivity index (χ3v) is 5.47. The molecule has 0 atom stereocenters. The van der Waals surface area contributed by atoms with Gasteiger partial charge in [-0.15, -0.1) is 13.2 Å². The minimum absolute atomic E-state index is 0.251. The van der Waals surface area contributed by atoms with Gasteiger partial charge in [0.2, 0.25) is 5.95 Å². The number of pyridine rings is 1. The molecule has 196 valence electrons. The minimum atomic E-state index is -4.66. The van der Waals surface area contributed by atoms with E-state index in [0.717, 1.165) is 43.7 Å². The summed E-state index contributed by atoms with van der Waals surface area (Å²) in [5.41, 5.74) is 2.22. The summed E-state index contributed by atoms with van der Waals surface area (Å²) < 4.78 is 39.5. The van der Waals surface area contributed by atoms with Gasteiger partial charge in [0.25, 0.3) is 0 Å². The monoisotopic (exact) mass is 514 g/mol. The Bertz CT molecular complexity index is 1200. The highest BCUT2D eigenvalue weighted by Crippen LogP contribution is 2.25. The topological polar surface area (TPSA) is 96.9 Å². The molecule has 1 aliphatic heterocycles. The number of H-pyrrole nitrogens is 1. The largest absolute Gasteiger partial charge is 0.573 e. The molecule has 1 N–H and O–H groups in total. The molecule has 1 fully saturated rings. The van der Waals surface area contributed by atoms with Gasteiger partial charge in [0.15, 0.2) is 0 Å². The number of alkyl halides is 3. The molecule has 1 aromatic carbocycles. The van der Waals surface area contributed by atoms with Gasteiger partial charge in [0.1, 0.15) is 17.9 Å². The van der Waals surface area contributed by atoms with E-state index in [2.05, 4.69) is 34.6 Å². The maximum absolute atomic E-state index is 11.9. The second-order valence-corrected chi connectivity index (χ2v) is 8.47. The number of fused-ring (bicyclic) bond motifs is 1. The SMILES string of the molecule is Cc1cnc(N2CCC(CC=O)CC2)nc1.Cc1nc2ccc(OC(F)(F)F)cc2[nH]1.c1ccncc1. The highest BCUT2D eigenvalue weighted by molar-refractivity contribution is 5.76. The summed E-state index contributed by atoms with van der Waals surface area (Å²) in [7, 11) is 0. The van der Waals surface area contributed by atoms with E-state index in [4.69, 9.17) is 0 Å². The molecule has 1 aliphatic rings. The van der Waals surface area contributed by atoms with Crippen molar-refractivity contribution in [3.05, 3.63) is 72.6 Å². The first kappa shape index (κ1) is 27.6. The van der Waals surface area contributed by atoms with E-state index in [-0.39, 0.29) is 5.75 Å². The Kier molecular flexibility index (Phi) is 9.93. The number of carbonyl (C=O) groups is 1. The molecule has 0 amide bonds. The number of imidazole rings is 1. The summed E-state index contributed by atoms with van der Waals surface area (Å²) in [5, 5.41) is 0. The van der Waals surface area contributed by atoms with Crippen molar-refractivity contribution in [2.45, 2.75) is 39.5 Å². The number of anilines is 1. The number of ether oxygens (including phenoxy) is 1. The van der Waals surface area contributed by atoms with Crippen LogP contribution in [0.25, 0.3) is 11.0 Å². The van der Waals surface area contributed by atoms with Crippen LogP contribution in [0.2, 0.25) is 0 Å². The van der Waals surface area contributed by atoms with Gasteiger partial charge in [-0.2, -0.15) is 0 Å². The number of aromatic amines is 1. The van der Waals surface area contributed by atoms with Crippen molar-refractivity contribution >= 4 is 23.3 Å². The standard InChI is InChI=1S/C12H17N3O.C9H7F3N2O.C5H5N/c1-10-8-13-12(14-9-10)15-5-2-11(3-6-15)4-7-16;1-5-13-7-3-2-6(4-8(7)14-5)15-9(10,11)12;1-2-4-6-5-3-1/h7-9,11H,2-6H2,1H3;2-4H,1H3,(H,13,14);1-5H. The molecule has 1 saturated heterocycles. The maximum Gasteiger partial charge on any atom is 0.573 e. The molecule has 0 spiro atoms. The average molecular weight is 515 g/mol.